The maximum atomic E-state index is 14.1. The van der Waals surface area contributed by atoms with Crippen molar-refractivity contribution in [2.75, 3.05) is 19.8 Å². The van der Waals surface area contributed by atoms with Crippen LogP contribution in [-0.4, -0.2) is 58.8 Å². The number of aromatic carboxylic acids is 1. The molecule has 0 aromatic heterocycles. The summed E-state index contributed by atoms with van der Waals surface area (Å²) in [7, 11) is 0. The molecule has 1 N–H and O–H groups in total. The van der Waals surface area contributed by atoms with E-state index in [1.807, 2.05) is 11.8 Å². The molecule has 2 heterocycles. The summed E-state index contributed by atoms with van der Waals surface area (Å²) in [6.07, 6.45) is -9.89. The van der Waals surface area contributed by atoms with Gasteiger partial charge in [0.2, 0.25) is 5.91 Å². The number of hydrogen-bond donors (Lipinski definition) is 1. The second-order valence-corrected chi connectivity index (χ2v) is 12.0. The highest BCUT2D eigenvalue weighted by Gasteiger charge is 2.54. The normalized spacial score (nSPS) is 26.6. The molecule has 3 aliphatic rings. The van der Waals surface area contributed by atoms with Crippen molar-refractivity contribution in [2.45, 2.75) is 69.9 Å². The fourth-order valence-corrected chi connectivity index (χ4v) is 7.06. The molecule has 0 radical (unpaired) electrons. The Labute approximate surface area is 243 Å². The Bertz CT molecular complexity index is 1400. The van der Waals surface area contributed by atoms with Gasteiger partial charge >= 0.3 is 18.3 Å². The summed E-state index contributed by atoms with van der Waals surface area (Å²) in [5, 5.41) is 9.31. The van der Waals surface area contributed by atoms with Crippen LogP contribution in [-0.2, 0) is 17.5 Å². The summed E-state index contributed by atoms with van der Waals surface area (Å²) in [6.45, 7) is 2.19. The van der Waals surface area contributed by atoms with Crippen molar-refractivity contribution in [2.24, 2.45) is 11.3 Å². The quantitative estimate of drug-likeness (QED) is 0.373. The number of likely N-dealkylation sites (tertiary alicyclic amines) is 1. The highest BCUT2D eigenvalue weighted by atomic mass is 19.4. The number of piperidine rings is 1. The first kappa shape index (κ1) is 31.1. The number of carboxylic acids is 1. The van der Waals surface area contributed by atoms with Crippen LogP contribution in [0.3, 0.4) is 0 Å². The average Bonchev–Trinajstić information content (AvgIpc) is 3.34. The molecule has 5 rings (SSSR count). The first-order valence-corrected chi connectivity index (χ1v) is 14.0. The zero-order valence-corrected chi connectivity index (χ0v) is 23.3. The minimum absolute atomic E-state index is 0.0395. The van der Waals surface area contributed by atoms with Gasteiger partial charge in [0.1, 0.15) is 11.6 Å². The standard InChI is InChI=1S/C30H31F7N2O4/c1-17-13-38(7-5-24(17)18-8-19(26(40)41)11-22(31)10-18)23-4-6-28(12-23,15-29(32,33)34)27(42)39-14-20-9-21(30(35,36)37)2-3-25(20)43-16-39/h2-3,8-11,17,23-24H,4-7,12-16H2,1H3,(H,40,41)/t17?,23-,24?,28+/m1/s1. The minimum atomic E-state index is -4.65. The van der Waals surface area contributed by atoms with E-state index < -0.39 is 47.4 Å². The fraction of sp³-hybridized carbons (Fsp3) is 0.533. The Morgan fingerprint density at radius 1 is 1.07 bits per heavy atom. The predicted molar refractivity (Wildman–Crippen MR) is 140 cm³/mol. The van der Waals surface area contributed by atoms with Gasteiger partial charge in [-0.3, -0.25) is 4.79 Å². The number of halogens is 7. The second-order valence-electron chi connectivity index (χ2n) is 12.0. The highest BCUT2D eigenvalue weighted by molar-refractivity contribution is 5.87. The van der Waals surface area contributed by atoms with Crippen LogP contribution in [0.4, 0.5) is 30.7 Å². The summed E-state index contributed by atoms with van der Waals surface area (Å²) >= 11 is 0. The average molecular weight is 617 g/mol. The Morgan fingerprint density at radius 2 is 1.81 bits per heavy atom. The fourth-order valence-electron chi connectivity index (χ4n) is 7.06. The predicted octanol–water partition coefficient (Wildman–Crippen LogP) is 6.84. The third-order valence-electron chi connectivity index (χ3n) is 9.04. The topological polar surface area (TPSA) is 70.1 Å². The third-order valence-corrected chi connectivity index (χ3v) is 9.04. The van der Waals surface area contributed by atoms with Gasteiger partial charge in [0.25, 0.3) is 0 Å². The molecule has 1 amide bonds. The maximum Gasteiger partial charge on any atom is 0.416 e. The number of carboxylic acid groups (broad SMARTS) is 1. The number of nitrogens with zero attached hydrogens (tertiary/aromatic N) is 2. The molecular weight excluding hydrogens is 585 g/mol. The van der Waals surface area contributed by atoms with E-state index in [0.717, 1.165) is 29.2 Å². The van der Waals surface area contributed by atoms with Gasteiger partial charge in [-0.2, -0.15) is 26.3 Å². The Balaban J connectivity index is 1.32. The van der Waals surface area contributed by atoms with E-state index in [-0.39, 0.29) is 60.9 Å². The molecule has 2 fully saturated rings. The number of fused-ring (bicyclic) bond motifs is 1. The molecule has 2 unspecified atom stereocenters. The van der Waals surface area contributed by atoms with Crippen molar-refractivity contribution < 1.29 is 50.2 Å². The van der Waals surface area contributed by atoms with Crippen LogP contribution >= 0.6 is 0 Å². The molecule has 4 atom stereocenters. The summed E-state index contributed by atoms with van der Waals surface area (Å²) in [5.41, 5.74) is -2.26. The van der Waals surface area contributed by atoms with Crippen LogP contribution in [0.25, 0.3) is 0 Å². The Hall–Kier alpha value is -3.35. The summed E-state index contributed by atoms with van der Waals surface area (Å²) in [4.78, 5) is 28.3. The molecule has 43 heavy (non-hydrogen) atoms. The van der Waals surface area contributed by atoms with Gasteiger partial charge in [-0.05, 0) is 86.0 Å². The highest BCUT2D eigenvalue weighted by Crippen LogP contribution is 2.50. The molecule has 6 nitrogen and oxygen atoms in total. The van der Waals surface area contributed by atoms with Gasteiger partial charge in [-0.25, -0.2) is 9.18 Å². The monoisotopic (exact) mass is 616 g/mol. The lowest BCUT2D eigenvalue weighted by atomic mass is 9.79. The zero-order valence-electron chi connectivity index (χ0n) is 23.3. The number of rotatable bonds is 5. The maximum absolute atomic E-state index is 14.1. The number of carbonyl (C=O) groups excluding carboxylic acids is 1. The van der Waals surface area contributed by atoms with E-state index in [1.165, 1.54) is 12.1 Å². The van der Waals surface area contributed by atoms with E-state index in [4.69, 9.17) is 4.74 Å². The molecule has 2 aromatic carbocycles. The SMILES string of the molecule is CC1CN([C@@H]2CC[C@](CC(F)(F)F)(C(=O)N3COc4ccc(C(F)(F)F)cc4C3)C2)CCC1c1cc(F)cc(C(=O)O)c1. The number of hydrogen-bond acceptors (Lipinski definition) is 4. The summed E-state index contributed by atoms with van der Waals surface area (Å²) < 4.78 is 101. The van der Waals surface area contributed by atoms with Crippen molar-refractivity contribution in [1.29, 1.82) is 0 Å². The van der Waals surface area contributed by atoms with Crippen molar-refractivity contribution in [3.05, 3.63) is 64.5 Å². The second kappa shape index (κ2) is 11.3. The van der Waals surface area contributed by atoms with Crippen LogP contribution in [0.1, 0.15) is 72.0 Å². The Kier molecular flexibility index (Phi) is 8.16. The first-order valence-electron chi connectivity index (χ1n) is 14.0. The summed E-state index contributed by atoms with van der Waals surface area (Å²) in [6, 6.07) is 6.21. The van der Waals surface area contributed by atoms with E-state index in [0.29, 0.717) is 31.5 Å². The van der Waals surface area contributed by atoms with Crippen LogP contribution in [0, 0.1) is 17.2 Å². The molecule has 0 spiro atoms. The Morgan fingerprint density at radius 3 is 2.47 bits per heavy atom. The van der Waals surface area contributed by atoms with Crippen LogP contribution in [0.2, 0.25) is 0 Å². The number of amides is 1. The van der Waals surface area contributed by atoms with Crippen LogP contribution < -0.4 is 4.74 Å². The lowest BCUT2D eigenvalue weighted by molar-refractivity contribution is -0.177. The van der Waals surface area contributed by atoms with Crippen molar-refractivity contribution in [3.8, 4) is 5.75 Å². The first-order chi connectivity index (χ1) is 20.0. The number of carbonyl (C=O) groups is 2. The van der Waals surface area contributed by atoms with Gasteiger partial charge in [-0.1, -0.05) is 6.92 Å². The zero-order chi connectivity index (χ0) is 31.3. The lowest BCUT2D eigenvalue weighted by Gasteiger charge is -2.41. The number of benzene rings is 2. The van der Waals surface area contributed by atoms with Gasteiger partial charge in [0.15, 0.2) is 6.73 Å². The molecule has 2 aliphatic heterocycles. The van der Waals surface area contributed by atoms with Gasteiger partial charge in [-0.15, -0.1) is 0 Å². The third kappa shape index (κ3) is 6.61. The lowest BCUT2D eigenvalue weighted by Crippen LogP contribution is -2.49. The molecule has 1 saturated heterocycles. The van der Waals surface area contributed by atoms with Gasteiger partial charge in [0, 0.05) is 18.2 Å². The van der Waals surface area contributed by atoms with Crippen LogP contribution in [0.15, 0.2) is 36.4 Å². The molecule has 234 valence electrons. The summed E-state index contributed by atoms with van der Waals surface area (Å²) in [5.74, 6) is -2.77. The number of ether oxygens (including phenoxy) is 1. The van der Waals surface area contributed by atoms with Crippen molar-refractivity contribution >= 4 is 11.9 Å². The number of alkyl halides is 6. The van der Waals surface area contributed by atoms with Crippen molar-refractivity contribution in [1.82, 2.24) is 9.80 Å². The van der Waals surface area contributed by atoms with Crippen LogP contribution in [0.5, 0.6) is 5.75 Å². The largest absolute Gasteiger partial charge is 0.478 e. The molecule has 0 bridgehead atoms. The molecule has 1 aliphatic carbocycles. The van der Waals surface area contributed by atoms with Crippen molar-refractivity contribution in [3.63, 3.8) is 0 Å². The molecule has 1 saturated carbocycles. The smallest absolute Gasteiger partial charge is 0.416 e. The molecule has 13 heteroatoms. The van der Waals surface area contributed by atoms with Gasteiger partial charge < -0.3 is 19.6 Å². The van der Waals surface area contributed by atoms with E-state index in [1.54, 1.807) is 0 Å². The van der Waals surface area contributed by atoms with E-state index in [2.05, 4.69) is 0 Å². The molecular formula is C30H31F7N2O4. The van der Waals surface area contributed by atoms with Gasteiger partial charge in [0.05, 0.1) is 29.5 Å². The minimum Gasteiger partial charge on any atom is -0.478 e. The van der Waals surface area contributed by atoms with E-state index >= 15 is 0 Å². The van der Waals surface area contributed by atoms with E-state index in [9.17, 15) is 45.4 Å². The molecule has 2 aromatic rings.